The van der Waals surface area contributed by atoms with Crippen LogP contribution in [0.5, 0.6) is 0 Å². The summed E-state index contributed by atoms with van der Waals surface area (Å²) in [7, 11) is 0. The average Bonchev–Trinajstić information content (AvgIpc) is 2.82. The van der Waals surface area contributed by atoms with Gasteiger partial charge in [0.05, 0.1) is 5.60 Å². The van der Waals surface area contributed by atoms with Crippen LogP contribution in [0.2, 0.25) is 0 Å². The van der Waals surface area contributed by atoms with Gasteiger partial charge < -0.3 is 10.8 Å². The van der Waals surface area contributed by atoms with Gasteiger partial charge in [0.15, 0.2) is 0 Å². The zero-order valence-electron chi connectivity index (χ0n) is 11.9. The predicted molar refractivity (Wildman–Crippen MR) is 77.9 cm³/mol. The van der Waals surface area contributed by atoms with Gasteiger partial charge in [-0.15, -0.1) is 0 Å². The molecule has 0 saturated heterocycles. The van der Waals surface area contributed by atoms with Gasteiger partial charge in [0.1, 0.15) is 0 Å². The van der Waals surface area contributed by atoms with Gasteiger partial charge in [0.2, 0.25) is 0 Å². The van der Waals surface area contributed by atoms with Gasteiger partial charge in [-0.2, -0.15) is 0 Å². The van der Waals surface area contributed by atoms with Crippen molar-refractivity contribution in [2.45, 2.75) is 51.0 Å². The average molecular weight is 259 g/mol. The molecule has 0 aromatic heterocycles. The zero-order valence-corrected chi connectivity index (χ0v) is 11.9. The second-order valence-corrected chi connectivity index (χ2v) is 6.68. The lowest BCUT2D eigenvalue weighted by Gasteiger charge is -2.51. The van der Waals surface area contributed by atoms with E-state index < -0.39 is 5.60 Å². The molecule has 0 spiro atoms. The molecule has 3 rings (SSSR count). The van der Waals surface area contributed by atoms with Crippen molar-refractivity contribution in [1.29, 1.82) is 0 Å². The van der Waals surface area contributed by atoms with Crippen molar-refractivity contribution in [2.75, 3.05) is 6.54 Å². The molecule has 19 heavy (non-hydrogen) atoms. The van der Waals surface area contributed by atoms with Crippen LogP contribution in [0.15, 0.2) is 24.3 Å². The Morgan fingerprint density at radius 1 is 1.21 bits per heavy atom. The van der Waals surface area contributed by atoms with Crippen LogP contribution < -0.4 is 5.73 Å². The number of fused-ring (bicyclic) bond motifs is 1. The predicted octanol–water partition coefficient (Wildman–Crippen LogP) is 2.67. The molecule has 1 aromatic rings. The molecule has 1 aromatic carbocycles. The highest BCUT2D eigenvalue weighted by Crippen LogP contribution is 2.52. The van der Waals surface area contributed by atoms with Gasteiger partial charge in [-0.3, -0.25) is 0 Å². The lowest BCUT2D eigenvalue weighted by atomic mass is 9.59. The third-order valence-electron chi connectivity index (χ3n) is 5.75. The van der Waals surface area contributed by atoms with Crippen LogP contribution in [0.3, 0.4) is 0 Å². The van der Waals surface area contributed by atoms with Crippen LogP contribution in [0.4, 0.5) is 0 Å². The lowest BCUT2D eigenvalue weighted by molar-refractivity contribution is -0.136. The first kappa shape index (κ1) is 13.1. The summed E-state index contributed by atoms with van der Waals surface area (Å²) < 4.78 is 0. The van der Waals surface area contributed by atoms with Gasteiger partial charge in [0.25, 0.3) is 0 Å². The van der Waals surface area contributed by atoms with Crippen molar-refractivity contribution in [3.8, 4) is 0 Å². The highest BCUT2D eigenvalue weighted by Gasteiger charge is 2.55. The Balaban J connectivity index is 1.98. The maximum absolute atomic E-state index is 11.4. The fraction of sp³-hybridized carbons (Fsp3) is 0.647. The van der Waals surface area contributed by atoms with Crippen molar-refractivity contribution in [2.24, 2.45) is 17.1 Å². The molecule has 2 unspecified atom stereocenters. The number of benzene rings is 1. The number of rotatable bonds is 2. The first-order valence-corrected chi connectivity index (χ1v) is 7.60. The zero-order chi connectivity index (χ0) is 13.5. The molecule has 3 N–H and O–H groups in total. The van der Waals surface area contributed by atoms with Gasteiger partial charge >= 0.3 is 0 Å². The molecule has 1 saturated carbocycles. The second-order valence-electron chi connectivity index (χ2n) is 6.68. The number of hydrogen-bond donors (Lipinski definition) is 2. The number of aliphatic hydroxyl groups is 1. The molecule has 0 heterocycles. The minimum atomic E-state index is -0.584. The summed E-state index contributed by atoms with van der Waals surface area (Å²) in [4.78, 5) is 0. The second kappa shape index (κ2) is 4.60. The highest BCUT2D eigenvalue weighted by atomic mass is 16.3. The van der Waals surface area contributed by atoms with E-state index in [0.717, 1.165) is 32.1 Å². The molecular formula is C17H25NO. The maximum atomic E-state index is 11.4. The Hall–Kier alpha value is -0.860. The van der Waals surface area contributed by atoms with Crippen LogP contribution in [0.1, 0.15) is 43.7 Å². The Labute approximate surface area is 116 Å². The number of nitrogens with two attached hydrogens (primary N) is 1. The quantitative estimate of drug-likeness (QED) is 0.857. The molecule has 104 valence electrons. The van der Waals surface area contributed by atoms with Crippen molar-refractivity contribution in [3.05, 3.63) is 35.4 Å². The largest absolute Gasteiger partial charge is 0.389 e. The molecule has 2 heteroatoms. The first-order valence-electron chi connectivity index (χ1n) is 7.60. The molecule has 2 aliphatic carbocycles. The molecule has 1 fully saturated rings. The van der Waals surface area contributed by atoms with E-state index in [2.05, 4.69) is 31.2 Å². The summed E-state index contributed by atoms with van der Waals surface area (Å²) in [5.41, 5.74) is 8.22. The molecule has 0 bridgehead atoms. The fourth-order valence-electron chi connectivity index (χ4n) is 4.44. The van der Waals surface area contributed by atoms with Crippen LogP contribution in [0, 0.1) is 11.3 Å². The normalized spacial score (nSPS) is 33.1. The minimum Gasteiger partial charge on any atom is -0.389 e. The summed E-state index contributed by atoms with van der Waals surface area (Å²) in [6.07, 6.45) is 6.32. The van der Waals surface area contributed by atoms with Crippen molar-refractivity contribution < 1.29 is 5.11 Å². The van der Waals surface area contributed by atoms with Crippen molar-refractivity contribution in [3.63, 3.8) is 0 Å². The summed E-state index contributed by atoms with van der Waals surface area (Å²) in [5, 5.41) is 11.4. The topological polar surface area (TPSA) is 46.2 Å². The standard InChI is InChI=1S/C17H25NO/c1-13-6-4-5-9-17(13,19)16(12-18)10-14-7-2-3-8-15(14)11-16/h2-3,7-8,13,19H,4-6,9-12,18H2,1H3. The highest BCUT2D eigenvalue weighted by molar-refractivity contribution is 5.36. The van der Waals surface area contributed by atoms with Gasteiger partial charge in [0, 0.05) is 12.0 Å². The van der Waals surface area contributed by atoms with Gasteiger partial charge in [-0.25, -0.2) is 0 Å². The smallest absolute Gasteiger partial charge is 0.0747 e. The van der Waals surface area contributed by atoms with E-state index in [1.165, 1.54) is 17.5 Å². The van der Waals surface area contributed by atoms with Crippen molar-refractivity contribution in [1.82, 2.24) is 0 Å². The summed E-state index contributed by atoms with van der Waals surface area (Å²) in [6, 6.07) is 8.59. The van der Waals surface area contributed by atoms with E-state index in [9.17, 15) is 5.11 Å². The van der Waals surface area contributed by atoms with E-state index in [-0.39, 0.29) is 5.41 Å². The Kier molecular flexibility index (Phi) is 3.18. The molecular weight excluding hydrogens is 234 g/mol. The van der Waals surface area contributed by atoms with Crippen molar-refractivity contribution >= 4 is 0 Å². The molecule has 0 aliphatic heterocycles. The third-order valence-corrected chi connectivity index (χ3v) is 5.75. The maximum Gasteiger partial charge on any atom is 0.0747 e. The minimum absolute atomic E-state index is 0.142. The van der Waals surface area contributed by atoms with E-state index in [0.29, 0.717) is 12.5 Å². The van der Waals surface area contributed by atoms with Gasteiger partial charge in [-0.05, 0) is 42.7 Å². The Bertz CT molecular complexity index is 445. The molecule has 2 aliphatic rings. The van der Waals surface area contributed by atoms with Crippen LogP contribution in [-0.2, 0) is 12.8 Å². The first-order chi connectivity index (χ1) is 9.11. The lowest BCUT2D eigenvalue weighted by Crippen LogP contribution is -2.58. The van der Waals surface area contributed by atoms with E-state index in [1.54, 1.807) is 0 Å². The Morgan fingerprint density at radius 3 is 2.37 bits per heavy atom. The van der Waals surface area contributed by atoms with Crippen LogP contribution >= 0.6 is 0 Å². The Morgan fingerprint density at radius 2 is 1.84 bits per heavy atom. The summed E-state index contributed by atoms with van der Waals surface area (Å²) in [5.74, 6) is 0.360. The molecule has 0 radical (unpaired) electrons. The molecule has 2 atom stereocenters. The SMILES string of the molecule is CC1CCCCC1(O)C1(CN)Cc2ccccc2C1. The van der Waals surface area contributed by atoms with Crippen LogP contribution in [-0.4, -0.2) is 17.3 Å². The molecule has 0 amide bonds. The van der Waals surface area contributed by atoms with E-state index in [4.69, 9.17) is 5.73 Å². The van der Waals surface area contributed by atoms with E-state index >= 15 is 0 Å². The number of hydrogen-bond acceptors (Lipinski definition) is 2. The molecule has 2 nitrogen and oxygen atoms in total. The van der Waals surface area contributed by atoms with Gasteiger partial charge in [-0.1, -0.05) is 44.0 Å². The summed E-state index contributed by atoms with van der Waals surface area (Å²) >= 11 is 0. The van der Waals surface area contributed by atoms with Crippen LogP contribution in [0.25, 0.3) is 0 Å². The summed E-state index contributed by atoms with van der Waals surface area (Å²) in [6.45, 7) is 2.79. The fourth-order valence-corrected chi connectivity index (χ4v) is 4.44. The van der Waals surface area contributed by atoms with E-state index in [1.807, 2.05) is 0 Å². The monoisotopic (exact) mass is 259 g/mol. The third kappa shape index (κ3) is 1.85.